The molecule has 1 spiro atoms. The molecule has 3 fully saturated rings. The summed E-state index contributed by atoms with van der Waals surface area (Å²) in [7, 11) is 0. The minimum Gasteiger partial charge on any atom is -0.392 e. The van der Waals surface area contributed by atoms with Gasteiger partial charge < -0.3 is 15.1 Å². The Kier molecular flexibility index (Phi) is 4.63. The summed E-state index contributed by atoms with van der Waals surface area (Å²) in [5.41, 5.74) is 0.253. The van der Waals surface area contributed by atoms with E-state index in [0.29, 0.717) is 12.0 Å². The number of hydrogen-bond acceptors (Lipinski definition) is 6. The molecule has 0 saturated heterocycles. The van der Waals surface area contributed by atoms with Crippen molar-refractivity contribution in [1.82, 2.24) is 4.98 Å². The van der Waals surface area contributed by atoms with Gasteiger partial charge in [0.1, 0.15) is 0 Å². The number of carbonyl (C=O) groups is 1. The number of aliphatic hydroxyl groups excluding tert-OH is 2. The van der Waals surface area contributed by atoms with E-state index in [1.54, 1.807) is 11.3 Å². The first kappa shape index (κ1) is 21.6. The van der Waals surface area contributed by atoms with Crippen LogP contribution in [0.4, 0.5) is 5.13 Å². The van der Waals surface area contributed by atoms with Crippen molar-refractivity contribution in [3.05, 3.63) is 22.7 Å². The van der Waals surface area contributed by atoms with Crippen molar-refractivity contribution in [3.8, 4) is 0 Å². The summed E-state index contributed by atoms with van der Waals surface area (Å²) >= 11 is 1.80. The third-order valence-corrected chi connectivity index (χ3v) is 10.8. The van der Waals surface area contributed by atoms with Crippen LogP contribution in [0.5, 0.6) is 0 Å². The molecule has 1 heterocycles. The molecule has 7 unspecified atom stereocenters. The first-order chi connectivity index (χ1) is 14.5. The molecule has 31 heavy (non-hydrogen) atoms. The first-order valence-corrected chi connectivity index (χ1v) is 12.7. The van der Waals surface area contributed by atoms with Crippen molar-refractivity contribution < 1.29 is 15.0 Å². The summed E-state index contributed by atoms with van der Waals surface area (Å²) in [4.78, 5) is 22.3. The molecule has 2 N–H and O–H groups in total. The lowest BCUT2D eigenvalue weighted by Gasteiger charge is -2.64. The molecule has 2 bridgehead atoms. The molecule has 0 aromatic carbocycles. The smallest absolute Gasteiger partial charge is 0.185 e. The van der Waals surface area contributed by atoms with Gasteiger partial charge in [-0.25, -0.2) is 4.98 Å². The Morgan fingerprint density at radius 2 is 1.84 bits per heavy atom. The lowest BCUT2D eigenvalue weighted by Crippen LogP contribution is -2.68. The molecule has 4 aliphatic rings. The van der Waals surface area contributed by atoms with Gasteiger partial charge in [0, 0.05) is 29.3 Å². The summed E-state index contributed by atoms with van der Waals surface area (Å²) < 4.78 is 0. The number of aromatic nitrogens is 1. The van der Waals surface area contributed by atoms with Crippen LogP contribution in [0.1, 0.15) is 64.5 Å². The fourth-order valence-corrected chi connectivity index (χ4v) is 9.77. The zero-order valence-corrected chi connectivity index (χ0v) is 20.3. The van der Waals surface area contributed by atoms with Crippen LogP contribution in [0.3, 0.4) is 0 Å². The van der Waals surface area contributed by atoms with Crippen molar-refractivity contribution in [2.75, 3.05) is 18.0 Å². The number of thiazole rings is 1. The van der Waals surface area contributed by atoms with Crippen LogP contribution in [0, 0.1) is 28.6 Å². The number of nitrogens with zero attached hydrogens (tertiary/aromatic N) is 2. The summed E-state index contributed by atoms with van der Waals surface area (Å²) in [5, 5.41) is 23.9. The maximum Gasteiger partial charge on any atom is 0.185 e. The van der Waals surface area contributed by atoms with Gasteiger partial charge in [-0.15, -0.1) is 11.3 Å². The van der Waals surface area contributed by atoms with Gasteiger partial charge in [0.05, 0.1) is 23.3 Å². The third kappa shape index (κ3) is 2.39. The predicted octanol–water partition coefficient (Wildman–Crippen LogP) is 3.72. The van der Waals surface area contributed by atoms with Crippen molar-refractivity contribution in [3.63, 3.8) is 0 Å². The number of anilines is 1. The zero-order chi connectivity index (χ0) is 22.5. The number of rotatable bonds is 3. The van der Waals surface area contributed by atoms with Crippen LogP contribution in [-0.2, 0) is 16.6 Å². The van der Waals surface area contributed by atoms with Crippen LogP contribution in [-0.4, -0.2) is 46.3 Å². The van der Waals surface area contributed by atoms with Crippen molar-refractivity contribution in [1.29, 1.82) is 0 Å². The SMILES string of the molecule is C=C1C(=O)C23C(O)CC4C(C)(C)c5nc(N(CC)CC)sc5CC4(C)C2CCC1C3O. The van der Waals surface area contributed by atoms with E-state index < -0.39 is 17.6 Å². The van der Waals surface area contributed by atoms with Gasteiger partial charge >= 0.3 is 0 Å². The largest absolute Gasteiger partial charge is 0.392 e. The van der Waals surface area contributed by atoms with Crippen molar-refractivity contribution in [2.45, 2.75) is 77.9 Å². The minimum absolute atomic E-state index is 0.0434. The Morgan fingerprint density at radius 1 is 1.16 bits per heavy atom. The molecule has 170 valence electrons. The number of carbonyl (C=O) groups excluding carboxylic acids is 1. The van der Waals surface area contributed by atoms with E-state index in [4.69, 9.17) is 4.98 Å². The van der Waals surface area contributed by atoms with Gasteiger partial charge in [0.2, 0.25) is 0 Å². The molecule has 5 nitrogen and oxygen atoms in total. The molecule has 0 aliphatic heterocycles. The van der Waals surface area contributed by atoms with E-state index in [2.05, 4.69) is 46.1 Å². The summed E-state index contributed by atoms with van der Waals surface area (Å²) in [6.07, 6.45) is 1.40. The Labute approximate surface area is 189 Å². The van der Waals surface area contributed by atoms with E-state index in [-0.39, 0.29) is 34.4 Å². The minimum atomic E-state index is -1.08. The highest BCUT2D eigenvalue weighted by Gasteiger charge is 2.74. The number of ketones is 1. The fourth-order valence-electron chi connectivity index (χ4n) is 8.24. The van der Waals surface area contributed by atoms with Gasteiger partial charge in [-0.2, -0.15) is 0 Å². The molecule has 1 aromatic rings. The standard InChI is InChI=1S/C25H36N2O3S/c1-7-27(8-2)22-26-19-15(31-22)12-24(6)16-10-9-14-13(3)20(29)25(16,21(14)30)18(28)11-17(24)23(19,4)5/h14,16-18,21,28,30H,3,7-12H2,1-2,4-6H3. The quantitative estimate of drug-likeness (QED) is 0.695. The van der Waals surface area contributed by atoms with Crippen LogP contribution < -0.4 is 4.90 Å². The number of Topliss-reactive ketones (excluding diaryl/α,β-unsaturated/α-hetero) is 1. The zero-order valence-electron chi connectivity index (χ0n) is 19.4. The second kappa shape index (κ2) is 6.64. The van der Waals surface area contributed by atoms with Gasteiger partial charge in [-0.1, -0.05) is 27.4 Å². The highest BCUT2D eigenvalue weighted by Crippen LogP contribution is 2.70. The molecule has 6 heteroatoms. The monoisotopic (exact) mass is 444 g/mol. The van der Waals surface area contributed by atoms with Crippen molar-refractivity contribution in [2.24, 2.45) is 28.6 Å². The van der Waals surface area contributed by atoms with Crippen LogP contribution in [0.25, 0.3) is 0 Å². The van der Waals surface area contributed by atoms with E-state index in [0.717, 1.165) is 37.5 Å². The second-order valence-electron chi connectivity index (χ2n) is 11.1. The van der Waals surface area contributed by atoms with Crippen LogP contribution >= 0.6 is 11.3 Å². The maximum absolute atomic E-state index is 13.5. The Balaban J connectivity index is 1.65. The van der Waals surface area contributed by atoms with E-state index in [9.17, 15) is 15.0 Å². The Hall–Kier alpha value is -1.24. The van der Waals surface area contributed by atoms with Crippen LogP contribution in [0.15, 0.2) is 12.2 Å². The highest BCUT2D eigenvalue weighted by molar-refractivity contribution is 7.15. The molecule has 3 saturated carbocycles. The number of fused-ring (bicyclic) bond motifs is 4. The molecule has 0 radical (unpaired) electrons. The van der Waals surface area contributed by atoms with E-state index in [1.165, 1.54) is 10.6 Å². The van der Waals surface area contributed by atoms with Gasteiger partial charge in [0.15, 0.2) is 10.9 Å². The van der Waals surface area contributed by atoms with E-state index in [1.807, 2.05) is 0 Å². The second-order valence-corrected chi connectivity index (χ2v) is 12.2. The van der Waals surface area contributed by atoms with Gasteiger partial charge in [0.25, 0.3) is 0 Å². The van der Waals surface area contributed by atoms with E-state index >= 15 is 0 Å². The lowest BCUT2D eigenvalue weighted by atomic mass is 9.40. The molecular formula is C25H36N2O3S. The Bertz CT molecular complexity index is 951. The first-order valence-electron chi connectivity index (χ1n) is 11.9. The summed E-state index contributed by atoms with van der Waals surface area (Å²) in [6.45, 7) is 17.1. The Morgan fingerprint density at radius 3 is 2.48 bits per heavy atom. The van der Waals surface area contributed by atoms with Gasteiger partial charge in [-0.3, -0.25) is 4.79 Å². The summed E-state index contributed by atoms with van der Waals surface area (Å²) in [5.74, 6) is -0.104. The summed E-state index contributed by atoms with van der Waals surface area (Å²) in [6, 6.07) is 0. The lowest BCUT2D eigenvalue weighted by molar-refractivity contribution is -0.212. The average Bonchev–Trinajstić information content (AvgIpc) is 3.17. The molecule has 1 aromatic heterocycles. The third-order valence-electron chi connectivity index (χ3n) is 9.69. The van der Waals surface area contributed by atoms with Crippen molar-refractivity contribution >= 4 is 22.3 Å². The number of hydrogen-bond donors (Lipinski definition) is 2. The van der Waals surface area contributed by atoms with Gasteiger partial charge in [-0.05, 0) is 62.4 Å². The molecule has 0 amide bonds. The molecule has 7 atom stereocenters. The molecule has 5 rings (SSSR count). The predicted molar refractivity (Wildman–Crippen MR) is 123 cm³/mol. The maximum atomic E-state index is 13.5. The topological polar surface area (TPSA) is 73.7 Å². The average molecular weight is 445 g/mol. The highest BCUT2D eigenvalue weighted by atomic mass is 32.1. The fraction of sp³-hybridized carbons (Fsp3) is 0.760. The molecular weight excluding hydrogens is 408 g/mol. The molecule has 4 aliphatic carbocycles. The van der Waals surface area contributed by atoms with Crippen LogP contribution in [0.2, 0.25) is 0 Å². The number of aliphatic hydroxyl groups is 2. The normalized spacial score (nSPS) is 42.7.